The lowest BCUT2D eigenvalue weighted by Crippen LogP contribution is -2.04. The van der Waals surface area contributed by atoms with Crippen LogP contribution in [0.1, 0.15) is 22.9 Å². The van der Waals surface area contributed by atoms with Gasteiger partial charge in [0, 0.05) is 12.5 Å². The molecule has 1 aliphatic heterocycles. The van der Waals surface area contributed by atoms with E-state index in [0.717, 1.165) is 22.8 Å². The van der Waals surface area contributed by atoms with Gasteiger partial charge >= 0.3 is 0 Å². The molecular weight excluding hydrogens is 325 g/mol. The summed E-state index contributed by atoms with van der Waals surface area (Å²) in [7, 11) is 0. The van der Waals surface area contributed by atoms with Gasteiger partial charge in [-0.05, 0) is 26.0 Å². The first-order valence-corrected chi connectivity index (χ1v) is 7.70. The largest absolute Gasteiger partial charge is 0.332 e. The molecule has 0 fully saturated rings. The van der Waals surface area contributed by atoms with Crippen LogP contribution in [0.3, 0.4) is 0 Å². The molecule has 0 atom stereocenters. The number of fused-ring (bicyclic) bond motifs is 5. The summed E-state index contributed by atoms with van der Waals surface area (Å²) in [6, 6.07) is 4.55. The molecule has 4 heterocycles. The Labute approximate surface area is 140 Å². The van der Waals surface area contributed by atoms with Crippen molar-refractivity contribution < 1.29 is 8.91 Å². The zero-order chi connectivity index (χ0) is 17.1. The molecule has 25 heavy (non-hydrogen) atoms. The first kappa shape index (κ1) is 14.0. The molecule has 0 amide bonds. The lowest BCUT2D eigenvalue weighted by molar-refractivity contribution is 0.424. The zero-order valence-corrected chi connectivity index (χ0v) is 13.4. The Bertz CT molecular complexity index is 1120. The Morgan fingerprint density at radius 3 is 2.84 bits per heavy atom. The molecule has 124 valence electrons. The van der Waals surface area contributed by atoms with Crippen LogP contribution in [-0.4, -0.2) is 34.7 Å². The van der Waals surface area contributed by atoms with E-state index in [1.807, 2.05) is 11.5 Å². The second kappa shape index (κ2) is 4.82. The van der Waals surface area contributed by atoms with Crippen LogP contribution >= 0.6 is 0 Å². The molecular formula is C16H12FN7O. The highest BCUT2D eigenvalue weighted by Gasteiger charge is 2.27. The summed E-state index contributed by atoms with van der Waals surface area (Å²) in [5, 5.41) is 12.2. The molecule has 0 aliphatic carbocycles. The molecule has 0 spiro atoms. The van der Waals surface area contributed by atoms with Crippen molar-refractivity contribution in [1.82, 2.24) is 34.7 Å². The number of hydrogen-bond donors (Lipinski definition) is 0. The molecule has 8 nitrogen and oxygen atoms in total. The number of rotatable bonds is 1. The second-order valence-electron chi connectivity index (χ2n) is 5.90. The SMILES string of the molecule is Cc1noc(-c2ncn3c2Cc2c(C)nnn2-c2cc(F)ccc2-3)n1. The van der Waals surface area contributed by atoms with Gasteiger partial charge < -0.3 is 4.52 Å². The van der Waals surface area contributed by atoms with Crippen LogP contribution in [0.15, 0.2) is 29.0 Å². The number of benzene rings is 1. The van der Waals surface area contributed by atoms with Crippen LogP contribution in [0.25, 0.3) is 23.0 Å². The Balaban J connectivity index is 1.83. The normalized spacial score (nSPS) is 12.4. The van der Waals surface area contributed by atoms with E-state index in [-0.39, 0.29) is 5.82 Å². The molecule has 0 saturated carbocycles. The van der Waals surface area contributed by atoms with E-state index in [4.69, 9.17) is 4.52 Å². The van der Waals surface area contributed by atoms with Gasteiger partial charge in [-0.15, -0.1) is 5.10 Å². The van der Waals surface area contributed by atoms with Gasteiger partial charge in [0.15, 0.2) is 11.5 Å². The Hall–Kier alpha value is -3.36. The third-order valence-electron chi connectivity index (χ3n) is 4.31. The van der Waals surface area contributed by atoms with E-state index in [1.165, 1.54) is 12.1 Å². The minimum atomic E-state index is -0.339. The standard InChI is InChI=1S/C16H12FN7O/c1-8-12-6-14-15(16-19-9(2)21-25-16)18-7-23(14)11-4-3-10(17)5-13(11)24(12)22-20-8/h3-5,7H,6H2,1-2H3. The van der Waals surface area contributed by atoms with E-state index in [2.05, 4.69) is 25.4 Å². The van der Waals surface area contributed by atoms with Gasteiger partial charge in [-0.2, -0.15) is 4.98 Å². The summed E-state index contributed by atoms with van der Waals surface area (Å²) in [6.45, 7) is 3.63. The molecule has 1 aliphatic rings. The fourth-order valence-corrected chi connectivity index (χ4v) is 3.12. The van der Waals surface area contributed by atoms with Gasteiger partial charge in [0.25, 0.3) is 5.89 Å². The molecule has 0 bridgehead atoms. The molecule has 0 radical (unpaired) electrons. The fourth-order valence-electron chi connectivity index (χ4n) is 3.12. The number of hydrogen-bond acceptors (Lipinski definition) is 6. The highest BCUT2D eigenvalue weighted by atomic mass is 19.1. The van der Waals surface area contributed by atoms with Crippen molar-refractivity contribution >= 4 is 0 Å². The van der Waals surface area contributed by atoms with Crippen molar-refractivity contribution in [3.05, 3.63) is 53.2 Å². The molecule has 5 rings (SSSR count). The predicted octanol–water partition coefficient (Wildman–Crippen LogP) is 2.16. The maximum absolute atomic E-state index is 13.9. The highest BCUT2D eigenvalue weighted by Crippen LogP contribution is 2.33. The first-order valence-electron chi connectivity index (χ1n) is 7.70. The lowest BCUT2D eigenvalue weighted by atomic mass is 10.1. The predicted molar refractivity (Wildman–Crippen MR) is 84.0 cm³/mol. The first-order chi connectivity index (χ1) is 12.1. The van der Waals surface area contributed by atoms with Crippen molar-refractivity contribution in [2.24, 2.45) is 0 Å². The average molecular weight is 337 g/mol. The van der Waals surface area contributed by atoms with E-state index < -0.39 is 0 Å². The molecule has 0 saturated heterocycles. The lowest BCUT2D eigenvalue weighted by Gasteiger charge is -2.09. The maximum atomic E-state index is 13.9. The summed E-state index contributed by atoms with van der Waals surface area (Å²) >= 11 is 0. The van der Waals surface area contributed by atoms with E-state index in [9.17, 15) is 4.39 Å². The maximum Gasteiger partial charge on any atom is 0.278 e. The monoisotopic (exact) mass is 337 g/mol. The second-order valence-corrected chi connectivity index (χ2v) is 5.90. The number of nitrogens with zero attached hydrogens (tertiary/aromatic N) is 7. The molecule has 1 aromatic carbocycles. The fraction of sp³-hybridized carbons (Fsp3) is 0.188. The number of aromatic nitrogens is 7. The molecule has 0 N–H and O–H groups in total. The highest BCUT2D eigenvalue weighted by molar-refractivity contribution is 5.61. The van der Waals surface area contributed by atoms with Crippen molar-refractivity contribution in [2.45, 2.75) is 20.3 Å². The van der Waals surface area contributed by atoms with Gasteiger partial charge in [0.05, 0.1) is 28.5 Å². The van der Waals surface area contributed by atoms with Crippen molar-refractivity contribution in [2.75, 3.05) is 0 Å². The van der Waals surface area contributed by atoms with Crippen LogP contribution in [0, 0.1) is 19.7 Å². The van der Waals surface area contributed by atoms with Crippen LogP contribution in [0.2, 0.25) is 0 Å². The van der Waals surface area contributed by atoms with Crippen LogP contribution in [0.5, 0.6) is 0 Å². The molecule has 4 aromatic rings. The van der Waals surface area contributed by atoms with Crippen molar-refractivity contribution in [3.8, 4) is 23.0 Å². The van der Waals surface area contributed by atoms with Gasteiger partial charge in [0.2, 0.25) is 0 Å². The number of halogens is 1. The summed E-state index contributed by atoms with van der Waals surface area (Å²) in [6.07, 6.45) is 2.18. The summed E-state index contributed by atoms with van der Waals surface area (Å²) in [5.74, 6) is 0.554. The van der Waals surface area contributed by atoms with E-state index in [1.54, 1.807) is 24.0 Å². The zero-order valence-electron chi connectivity index (χ0n) is 13.4. The van der Waals surface area contributed by atoms with Crippen molar-refractivity contribution in [1.29, 1.82) is 0 Å². The van der Waals surface area contributed by atoms with Crippen molar-refractivity contribution in [3.63, 3.8) is 0 Å². The topological polar surface area (TPSA) is 87.5 Å². The summed E-state index contributed by atoms with van der Waals surface area (Å²) in [4.78, 5) is 8.73. The van der Waals surface area contributed by atoms with E-state index in [0.29, 0.717) is 29.5 Å². The molecule has 3 aromatic heterocycles. The average Bonchev–Trinajstić information content (AvgIpc) is 3.26. The molecule has 9 heteroatoms. The third-order valence-corrected chi connectivity index (χ3v) is 4.31. The van der Waals surface area contributed by atoms with Crippen LogP contribution in [-0.2, 0) is 6.42 Å². The van der Waals surface area contributed by atoms with Gasteiger partial charge in [0.1, 0.15) is 12.1 Å². The smallest absolute Gasteiger partial charge is 0.278 e. The minimum Gasteiger partial charge on any atom is -0.332 e. The van der Waals surface area contributed by atoms with Crippen LogP contribution in [0.4, 0.5) is 4.39 Å². The van der Waals surface area contributed by atoms with Gasteiger partial charge in [-0.25, -0.2) is 14.1 Å². The molecule has 0 unspecified atom stereocenters. The number of imidazole rings is 1. The summed E-state index contributed by atoms with van der Waals surface area (Å²) in [5.41, 5.74) is 4.47. The quantitative estimate of drug-likeness (QED) is 0.466. The number of aryl methyl sites for hydroxylation is 2. The van der Waals surface area contributed by atoms with E-state index >= 15 is 0 Å². The Morgan fingerprint density at radius 1 is 1.16 bits per heavy atom. The van der Waals surface area contributed by atoms with Gasteiger partial charge in [-0.3, -0.25) is 4.57 Å². The summed E-state index contributed by atoms with van der Waals surface area (Å²) < 4.78 is 22.7. The van der Waals surface area contributed by atoms with Gasteiger partial charge in [-0.1, -0.05) is 10.4 Å². The Kier molecular flexibility index (Phi) is 2.70. The third kappa shape index (κ3) is 1.95. The van der Waals surface area contributed by atoms with Crippen LogP contribution < -0.4 is 0 Å². The Morgan fingerprint density at radius 2 is 2.04 bits per heavy atom. The minimum absolute atomic E-state index is 0.339.